The third-order valence-corrected chi connectivity index (χ3v) is 7.02. The lowest BCUT2D eigenvalue weighted by Gasteiger charge is -2.36. The number of nitro groups is 1. The maximum absolute atomic E-state index is 15.0. The fourth-order valence-corrected chi connectivity index (χ4v) is 5.06. The second-order valence-corrected chi connectivity index (χ2v) is 9.36. The molecule has 200 valence electrons. The van der Waals surface area contributed by atoms with E-state index in [9.17, 15) is 32.9 Å². The number of rotatable bonds is 6. The lowest BCUT2D eigenvalue weighted by atomic mass is 10.2. The van der Waals surface area contributed by atoms with Crippen molar-refractivity contribution in [3.8, 4) is 0 Å². The van der Waals surface area contributed by atoms with Gasteiger partial charge in [0.25, 0.3) is 0 Å². The van der Waals surface area contributed by atoms with Crippen LogP contribution < -0.4 is 14.7 Å². The molecule has 2 amide bonds. The summed E-state index contributed by atoms with van der Waals surface area (Å²) in [6, 6.07) is 4.79. The Labute approximate surface area is 210 Å². The van der Waals surface area contributed by atoms with Gasteiger partial charge in [0.05, 0.1) is 28.7 Å². The predicted molar refractivity (Wildman–Crippen MR) is 123 cm³/mol. The standard InChI is InChI=1S/C21H20F5N5O5S/c1-12(32)30(21(24,25)26)11-14-10-29(20(33)36-14)13-8-15(22)19(16(23)9-13)28-6-4-27(5-7-28)17-2-3-18(37-17)31(34)35/h2-3,8-9,14H,4-7,10-11H2,1H3/t14-/m0/s1. The van der Waals surface area contributed by atoms with Crippen molar-refractivity contribution >= 4 is 44.7 Å². The van der Waals surface area contributed by atoms with Gasteiger partial charge in [0.15, 0.2) is 11.6 Å². The number of alkyl halides is 3. The van der Waals surface area contributed by atoms with Crippen molar-refractivity contribution in [1.82, 2.24) is 4.90 Å². The molecule has 0 spiro atoms. The molecular weight excluding hydrogens is 529 g/mol. The van der Waals surface area contributed by atoms with Crippen molar-refractivity contribution in [3.05, 3.63) is 46.0 Å². The van der Waals surface area contributed by atoms with Gasteiger partial charge < -0.3 is 14.5 Å². The Kier molecular flexibility index (Phi) is 7.12. The molecule has 2 aromatic rings. The summed E-state index contributed by atoms with van der Waals surface area (Å²) < 4.78 is 74.0. The minimum Gasteiger partial charge on any atom is -0.442 e. The van der Waals surface area contributed by atoms with Gasteiger partial charge in [-0.25, -0.2) is 13.6 Å². The van der Waals surface area contributed by atoms with Crippen LogP contribution in [0, 0.1) is 21.7 Å². The Morgan fingerprint density at radius 1 is 1.16 bits per heavy atom. The molecule has 1 aromatic heterocycles. The van der Waals surface area contributed by atoms with Gasteiger partial charge in [-0.2, -0.15) is 0 Å². The van der Waals surface area contributed by atoms with E-state index in [0.29, 0.717) is 18.1 Å². The smallest absolute Gasteiger partial charge is 0.442 e. The van der Waals surface area contributed by atoms with E-state index < -0.39 is 59.0 Å². The molecule has 0 bridgehead atoms. The van der Waals surface area contributed by atoms with Crippen molar-refractivity contribution < 1.29 is 41.2 Å². The number of thiophene rings is 1. The van der Waals surface area contributed by atoms with E-state index in [4.69, 9.17) is 4.74 Å². The molecule has 0 aliphatic carbocycles. The van der Waals surface area contributed by atoms with E-state index in [1.807, 2.05) is 4.90 Å². The third-order valence-electron chi connectivity index (χ3n) is 5.92. The molecule has 2 saturated heterocycles. The van der Waals surface area contributed by atoms with E-state index >= 15 is 8.78 Å². The van der Waals surface area contributed by atoms with E-state index in [1.165, 1.54) is 11.0 Å². The molecule has 10 nitrogen and oxygen atoms in total. The molecule has 37 heavy (non-hydrogen) atoms. The van der Waals surface area contributed by atoms with E-state index in [1.54, 1.807) is 6.07 Å². The van der Waals surface area contributed by atoms with Crippen LogP contribution >= 0.6 is 11.3 Å². The second-order valence-electron chi connectivity index (χ2n) is 8.31. The second kappa shape index (κ2) is 9.99. The highest BCUT2D eigenvalue weighted by Crippen LogP contribution is 2.35. The number of carbonyl (C=O) groups excluding carboxylic acids is 2. The van der Waals surface area contributed by atoms with Gasteiger partial charge in [-0.15, -0.1) is 13.2 Å². The molecule has 4 rings (SSSR count). The minimum atomic E-state index is -4.98. The molecule has 0 saturated carbocycles. The highest BCUT2D eigenvalue weighted by Gasteiger charge is 2.44. The van der Waals surface area contributed by atoms with Gasteiger partial charge in [-0.1, -0.05) is 0 Å². The number of cyclic esters (lactones) is 1. The Morgan fingerprint density at radius 2 is 1.76 bits per heavy atom. The zero-order chi connectivity index (χ0) is 27.1. The van der Waals surface area contributed by atoms with Crippen LogP contribution in [0.5, 0.6) is 0 Å². The number of amides is 2. The molecule has 2 fully saturated rings. The fourth-order valence-electron chi connectivity index (χ4n) is 4.19. The largest absolute Gasteiger partial charge is 0.487 e. The SMILES string of the molecule is CC(=O)N(C[C@@H]1CN(c2cc(F)c(N3CCN(c4ccc([N+](=O)[O-])s4)CC3)c(F)c2)C(=O)O1)C(F)(F)F. The summed E-state index contributed by atoms with van der Waals surface area (Å²) in [5, 5.41) is 11.5. The van der Waals surface area contributed by atoms with E-state index in [-0.39, 0.29) is 29.5 Å². The molecule has 0 radical (unpaired) electrons. The lowest BCUT2D eigenvalue weighted by Crippen LogP contribution is -2.47. The van der Waals surface area contributed by atoms with Gasteiger partial charge in [0.2, 0.25) is 5.91 Å². The van der Waals surface area contributed by atoms with Crippen molar-refractivity contribution in [2.24, 2.45) is 0 Å². The monoisotopic (exact) mass is 549 g/mol. The van der Waals surface area contributed by atoms with Crippen LogP contribution in [0.25, 0.3) is 0 Å². The van der Waals surface area contributed by atoms with Crippen LogP contribution in [0.3, 0.4) is 0 Å². The number of benzene rings is 1. The van der Waals surface area contributed by atoms with E-state index in [2.05, 4.69) is 0 Å². The fraction of sp³-hybridized carbons (Fsp3) is 0.429. The topological polar surface area (TPSA) is 99.5 Å². The normalized spacial score (nSPS) is 18.3. The first-order valence-electron chi connectivity index (χ1n) is 10.9. The van der Waals surface area contributed by atoms with E-state index in [0.717, 1.165) is 35.3 Å². The lowest BCUT2D eigenvalue weighted by molar-refractivity contribution is -0.380. The number of hydrogen-bond donors (Lipinski definition) is 0. The average molecular weight is 549 g/mol. The maximum Gasteiger partial charge on any atom is 0.487 e. The highest BCUT2D eigenvalue weighted by molar-refractivity contribution is 7.19. The molecule has 16 heteroatoms. The van der Waals surface area contributed by atoms with Crippen LogP contribution in [0.4, 0.5) is 48.1 Å². The zero-order valence-corrected chi connectivity index (χ0v) is 20.0. The van der Waals surface area contributed by atoms with Crippen molar-refractivity contribution in [1.29, 1.82) is 0 Å². The van der Waals surface area contributed by atoms with Gasteiger partial charge in [-0.3, -0.25) is 24.7 Å². The molecule has 0 N–H and O–H groups in total. The van der Waals surface area contributed by atoms with Crippen LogP contribution in [0.15, 0.2) is 24.3 Å². The highest BCUT2D eigenvalue weighted by atomic mass is 32.1. The van der Waals surface area contributed by atoms with Crippen molar-refractivity contribution in [3.63, 3.8) is 0 Å². The first-order valence-corrected chi connectivity index (χ1v) is 11.7. The third kappa shape index (κ3) is 5.52. The summed E-state index contributed by atoms with van der Waals surface area (Å²) >= 11 is 1.00. The summed E-state index contributed by atoms with van der Waals surface area (Å²) in [5.41, 5.74) is -0.568. The number of ether oxygens (including phenoxy) is 1. The Bertz CT molecular complexity index is 1190. The summed E-state index contributed by atoms with van der Waals surface area (Å²) in [5.74, 6) is -3.25. The zero-order valence-electron chi connectivity index (χ0n) is 19.2. The quantitative estimate of drug-likeness (QED) is 0.233. The summed E-state index contributed by atoms with van der Waals surface area (Å²) in [4.78, 5) is 37.7. The predicted octanol–water partition coefficient (Wildman–Crippen LogP) is 3.95. The molecule has 0 unspecified atom stereocenters. The number of anilines is 3. The Morgan fingerprint density at radius 3 is 2.27 bits per heavy atom. The number of hydrogen-bond acceptors (Lipinski definition) is 8. The first-order chi connectivity index (χ1) is 17.3. The summed E-state index contributed by atoms with van der Waals surface area (Å²) in [6.07, 6.45) is -7.43. The molecule has 1 atom stereocenters. The minimum absolute atomic E-state index is 0.0137. The Hall–Kier alpha value is -3.69. The van der Waals surface area contributed by atoms with Crippen LogP contribution in [0.1, 0.15) is 6.92 Å². The van der Waals surface area contributed by atoms with Gasteiger partial charge in [-0.05, 0) is 17.4 Å². The molecule has 2 aliphatic rings. The van der Waals surface area contributed by atoms with Crippen LogP contribution in [-0.4, -0.2) is 73.5 Å². The maximum atomic E-state index is 15.0. The van der Waals surface area contributed by atoms with Gasteiger partial charge >= 0.3 is 17.4 Å². The number of nitrogens with zero attached hydrogens (tertiary/aromatic N) is 5. The molecule has 2 aliphatic heterocycles. The number of carbonyl (C=O) groups is 2. The van der Waals surface area contributed by atoms with Crippen LogP contribution in [0.2, 0.25) is 0 Å². The van der Waals surface area contributed by atoms with Gasteiger partial charge in [0.1, 0.15) is 11.8 Å². The van der Waals surface area contributed by atoms with Gasteiger partial charge in [0, 0.05) is 51.3 Å². The molecular formula is C21H20F5N5O5S. The molecule has 1 aromatic carbocycles. The first kappa shape index (κ1) is 26.4. The average Bonchev–Trinajstić information content (AvgIpc) is 3.43. The van der Waals surface area contributed by atoms with Crippen molar-refractivity contribution in [2.75, 3.05) is 54.0 Å². The Balaban J connectivity index is 1.44. The summed E-state index contributed by atoms with van der Waals surface area (Å²) in [7, 11) is 0. The molecule has 3 heterocycles. The number of piperazine rings is 1. The van der Waals surface area contributed by atoms with Crippen LogP contribution in [-0.2, 0) is 9.53 Å². The van der Waals surface area contributed by atoms with Crippen molar-refractivity contribution in [2.45, 2.75) is 19.3 Å². The number of halogens is 5. The summed E-state index contributed by atoms with van der Waals surface area (Å²) in [6.45, 7) is 0.449.